The number of aromatic nitrogens is 1. The molecule has 7 heteroatoms. The van der Waals surface area contributed by atoms with Gasteiger partial charge in [-0.1, -0.05) is 0 Å². The highest BCUT2D eigenvalue weighted by molar-refractivity contribution is 5.79. The number of guanidine groups is 1. The number of nitrogens with zero attached hydrogens (tertiary/aromatic N) is 3. The molecule has 1 aliphatic heterocycles. The molecule has 2 N–H and O–H groups in total. The molecule has 0 aliphatic carbocycles. The molecule has 140 valence electrons. The van der Waals surface area contributed by atoms with E-state index in [1.165, 1.54) is 12.8 Å². The summed E-state index contributed by atoms with van der Waals surface area (Å²) in [6, 6.07) is 7.96. The number of rotatable bonds is 8. The predicted molar refractivity (Wildman–Crippen MR) is 101 cm³/mol. The van der Waals surface area contributed by atoms with Crippen LogP contribution in [-0.4, -0.2) is 55.7 Å². The zero-order valence-electron chi connectivity index (χ0n) is 15.2. The molecule has 1 saturated heterocycles. The second-order valence-corrected chi connectivity index (χ2v) is 6.19. The van der Waals surface area contributed by atoms with Crippen LogP contribution in [0.15, 0.2) is 52.3 Å². The van der Waals surface area contributed by atoms with Crippen molar-refractivity contribution >= 4 is 5.96 Å². The van der Waals surface area contributed by atoms with Gasteiger partial charge in [-0.15, -0.1) is 0 Å². The van der Waals surface area contributed by atoms with Gasteiger partial charge in [-0.2, -0.15) is 0 Å². The summed E-state index contributed by atoms with van der Waals surface area (Å²) in [5.74, 6) is 2.52. The molecule has 0 radical (unpaired) electrons. The molecule has 0 aromatic carbocycles. The predicted octanol–water partition coefficient (Wildman–Crippen LogP) is 2.06. The van der Waals surface area contributed by atoms with Crippen LogP contribution in [0.2, 0.25) is 0 Å². The third-order valence-electron chi connectivity index (χ3n) is 4.44. The average Bonchev–Trinajstić information content (AvgIpc) is 3.39. The van der Waals surface area contributed by atoms with E-state index in [4.69, 9.17) is 9.15 Å². The lowest BCUT2D eigenvalue weighted by Crippen LogP contribution is -2.43. The minimum atomic E-state index is 0.220. The van der Waals surface area contributed by atoms with Crippen molar-refractivity contribution < 1.29 is 9.15 Å². The third kappa shape index (κ3) is 5.23. The highest BCUT2D eigenvalue weighted by Crippen LogP contribution is 2.24. The summed E-state index contributed by atoms with van der Waals surface area (Å²) >= 11 is 0. The lowest BCUT2D eigenvalue weighted by Gasteiger charge is -2.26. The minimum absolute atomic E-state index is 0.220. The second-order valence-electron chi connectivity index (χ2n) is 6.19. The van der Waals surface area contributed by atoms with Crippen LogP contribution in [0.25, 0.3) is 0 Å². The van der Waals surface area contributed by atoms with E-state index < -0.39 is 0 Å². The van der Waals surface area contributed by atoms with Crippen molar-refractivity contribution in [3.8, 4) is 5.75 Å². The van der Waals surface area contributed by atoms with Crippen LogP contribution in [0.5, 0.6) is 5.75 Å². The average molecular weight is 357 g/mol. The number of hydrogen-bond donors (Lipinski definition) is 2. The topological polar surface area (TPSA) is 74.9 Å². The first-order valence-electron chi connectivity index (χ1n) is 9.11. The smallest absolute Gasteiger partial charge is 0.191 e. The van der Waals surface area contributed by atoms with Gasteiger partial charge in [-0.25, -0.2) is 0 Å². The summed E-state index contributed by atoms with van der Waals surface area (Å²) in [7, 11) is 1.77. The van der Waals surface area contributed by atoms with Crippen molar-refractivity contribution in [3.63, 3.8) is 0 Å². The molecule has 26 heavy (non-hydrogen) atoms. The monoisotopic (exact) mass is 357 g/mol. The van der Waals surface area contributed by atoms with Gasteiger partial charge >= 0.3 is 0 Å². The molecule has 1 unspecified atom stereocenters. The lowest BCUT2D eigenvalue weighted by atomic mass is 10.2. The van der Waals surface area contributed by atoms with E-state index in [0.29, 0.717) is 13.2 Å². The Morgan fingerprint density at radius 3 is 2.88 bits per heavy atom. The van der Waals surface area contributed by atoms with E-state index >= 15 is 0 Å². The van der Waals surface area contributed by atoms with Gasteiger partial charge in [-0.05, 0) is 50.2 Å². The number of ether oxygens (including phenoxy) is 1. The van der Waals surface area contributed by atoms with Gasteiger partial charge in [-0.3, -0.25) is 14.9 Å². The number of nitrogens with one attached hydrogen (secondary N) is 2. The van der Waals surface area contributed by atoms with Gasteiger partial charge in [0.1, 0.15) is 18.1 Å². The van der Waals surface area contributed by atoms with Gasteiger partial charge in [0, 0.05) is 19.8 Å². The fraction of sp³-hybridized carbons (Fsp3) is 0.474. The summed E-state index contributed by atoms with van der Waals surface area (Å²) in [5.41, 5.74) is 0. The Bertz CT molecular complexity index is 654. The van der Waals surface area contributed by atoms with Crippen LogP contribution >= 0.6 is 0 Å². The van der Waals surface area contributed by atoms with Crippen molar-refractivity contribution in [2.24, 2.45) is 4.99 Å². The zero-order chi connectivity index (χ0) is 18.0. The highest BCUT2D eigenvalue weighted by Gasteiger charge is 2.25. The minimum Gasteiger partial charge on any atom is -0.490 e. The van der Waals surface area contributed by atoms with Crippen molar-refractivity contribution in [3.05, 3.63) is 48.7 Å². The molecule has 1 fully saturated rings. The number of aliphatic imine (C=N–C) groups is 1. The van der Waals surface area contributed by atoms with Crippen molar-refractivity contribution in [1.29, 1.82) is 0 Å². The molecule has 1 atom stereocenters. The molecule has 0 spiro atoms. The maximum Gasteiger partial charge on any atom is 0.191 e. The summed E-state index contributed by atoms with van der Waals surface area (Å²) in [6.45, 7) is 4.16. The molecule has 3 heterocycles. The first-order chi connectivity index (χ1) is 12.9. The lowest BCUT2D eigenvalue weighted by molar-refractivity contribution is 0.215. The van der Waals surface area contributed by atoms with Crippen molar-refractivity contribution in [1.82, 2.24) is 20.5 Å². The highest BCUT2D eigenvalue weighted by atomic mass is 16.5. The Hall–Kier alpha value is -2.54. The first-order valence-corrected chi connectivity index (χ1v) is 9.11. The standard InChI is InChI=1S/C19H27N5O2/c1-20-19(22-9-13-25-16-6-4-8-21-14-16)23-15-17(18-7-5-12-26-18)24-10-2-3-11-24/h4-8,12,14,17H,2-3,9-11,13,15H2,1H3,(H2,20,22,23). The SMILES string of the molecule is CN=C(NCCOc1cccnc1)NCC(c1ccco1)N1CCCC1. The quantitative estimate of drug-likeness (QED) is 0.428. The van der Waals surface area contributed by atoms with Crippen LogP contribution in [0.3, 0.4) is 0 Å². The maximum atomic E-state index is 5.65. The van der Waals surface area contributed by atoms with Crippen LogP contribution in [-0.2, 0) is 0 Å². The Balaban J connectivity index is 1.44. The van der Waals surface area contributed by atoms with Gasteiger partial charge in [0.15, 0.2) is 5.96 Å². The van der Waals surface area contributed by atoms with Gasteiger partial charge in [0.2, 0.25) is 0 Å². The van der Waals surface area contributed by atoms with E-state index in [1.807, 2.05) is 24.3 Å². The van der Waals surface area contributed by atoms with E-state index in [-0.39, 0.29) is 6.04 Å². The third-order valence-corrected chi connectivity index (χ3v) is 4.44. The molecule has 0 bridgehead atoms. The van der Waals surface area contributed by atoms with Crippen molar-refractivity contribution in [2.75, 3.05) is 39.8 Å². The fourth-order valence-corrected chi connectivity index (χ4v) is 3.13. The largest absolute Gasteiger partial charge is 0.490 e. The van der Waals surface area contributed by atoms with Crippen LogP contribution in [0.4, 0.5) is 0 Å². The summed E-state index contributed by atoms with van der Waals surface area (Å²) in [4.78, 5) is 10.8. The summed E-state index contributed by atoms with van der Waals surface area (Å²) in [5, 5.41) is 6.68. The number of pyridine rings is 1. The molecule has 2 aromatic heterocycles. The molecule has 7 nitrogen and oxygen atoms in total. The molecule has 1 aliphatic rings. The van der Waals surface area contributed by atoms with Gasteiger partial charge in [0.25, 0.3) is 0 Å². The molecular formula is C19H27N5O2. The summed E-state index contributed by atoms with van der Waals surface area (Å²) < 4.78 is 11.3. The van der Waals surface area contributed by atoms with Gasteiger partial charge < -0.3 is 19.8 Å². The van der Waals surface area contributed by atoms with Crippen molar-refractivity contribution in [2.45, 2.75) is 18.9 Å². The Morgan fingerprint density at radius 1 is 1.31 bits per heavy atom. The zero-order valence-corrected chi connectivity index (χ0v) is 15.2. The van der Waals surface area contributed by atoms with E-state index in [0.717, 1.165) is 37.1 Å². The van der Waals surface area contributed by atoms with E-state index in [9.17, 15) is 0 Å². The maximum absolute atomic E-state index is 5.65. The van der Waals surface area contributed by atoms with Gasteiger partial charge in [0.05, 0.1) is 25.0 Å². The number of hydrogen-bond acceptors (Lipinski definition) is 5. The number of furan rings is 1. The first kappa shape index (κ1) is 18.3. The van der Waals surface area contributed by atoms with E-state index in [1.54, 1.807) is 25.7 Å². The Kier molecular flexibility index (Phi) is 6.89. The Labute approximate surface area is 154 Å². The number of likely N-dealkylation sites (tertiary alicyclic amines) is 1. The second kappa shape index (κ2) is 9.82. The molecule has 3 rings (SSSR count). The van der Waals surface area contributed by atoms with Crippen LogP contribution in [0, 0.1) is 0 Å². The molecule has 0 amide bonds. The Morgan fingerprint density at radius 2 is 2.19 bits per heavy atom. The molecule has 2 aromatic rings. The van der Waals surface area contributed by atoms with Crippen LogP contribution < -0.4 is 15.4 Å². The summed E-state index contributed by atoms with van der Waals surface area (Å²) in [6.07, 6.45) is 7.66. The normalized spacial score (nSPS) is 16.4. The molecular weight excluding hydrogens is 330 g/mol. The molecule has 0 saturated carbocycles. The van der Waals surface area contributed by atoms with Crippen LogP contribution in [0.1, 0.15) is 24.6 Å². The fourth-order valence-electron chi connectivity index (χ4n) is 3.13. The van der Waals surface area contributed by atoms with E-state index in [2.05, 4.69) is 25.5 Å².